The molecule has 0 aliphatic rings. The van der Waals surface area contributed by atoms with Crippen LogP contribution in [0.3, 0.4) is 0 Å². The lowest BCUT2D eigenvalue weighted by atomic mass is 10.0. The van der Waals surface area contributed by atoms with Gasteiger partial charge >= 0.3 is 0 Å². The average molecular weight is 292 g/mol. The molecule has 0 amide bonds. The zero-order chi connectivity index (χ0) is 14.4. The Balaban J connectivity index is 2.28. The lowest BCUT2D eigenvalue weighted by Crippen LogP contribution is -2.23. The minimum Gasteiger partial charge on any atom is -0.497 e. The van der Waals surface area contributed by atoms with Crippen LogP contribution in [0.4, 0.5) is 0 Å². The Morgan fingerprint density at radius 3 is 2.75 bits per heavy atom. The van der Waals surface area contributed by atoms with Crippen molar-refractivity contribution in [1.29, 1.82) is 0 Å². The molecule has 20 heavy (non-hydrogen) atoms. The number of likely N-dealkylation sites (N-methyl/N-ethyl adjacent to an activating group) is 1. The fraction of sp³-hybridized carbons (Fsp3) is 0.400. The Hall–Kier alpha value is -1.59. The van der Waals surface area contributed by atoms with Crippen molar-refractivity contribution in [2.45, 2.75) is 19.4 Å². The summed E-state index contributed by atoms with van der Waals surface area (Å²) in [4.78, 5) is 5.40. The van der Waals surface area contributed by atoms with E-state index < -0.39 is 0 Å². The number of ether oxygens (including phenoxy) is 2. The van der Waals surface area contributed by atoms with Crippen molar-refractivity contribution in [3.8, 4) is 11.5 Å². The van der Waals surface area contributed by atoms with Crippen molar-refractivity contribution in [1.82, 2.24) is 10.3 Å². The van der Waals surface area contributed by atoms with Crippen LogP contribution in [0.25, 0.3) is 0 Å². The second-order valence-electron chi connectivity index (χ2n) is 4.39. The smallest absolute Gasteiger partial charge is 0.127 e. The lowest BCUT2D eigenvalue weighted by Gasteiger charge is -2.20. The van der Waals surface area contributed by atoms with Gasteiger partial charge < -0.3 is 14.8 Å². The first-order valence-electron chi connectivity index (χ1n) is 6.61. The van der Waals surface area contributed by atoms with E-state index in [1.165, 1.54) is 4.88 Å². The van der Waals surface area contributed by atoms with Gasteiger partial charge in [-0.1, -0.05) is 13.0 Å². The number of thiazole rings is 1. The van der Waals surface area contributed by atoms with Crippen molar-refractivity contribution in [2.75, 3.05) is 20.8 Å². The molecule has 1 aromatic heterocycles. The van der Waals surface area contributed by atoms with Gasteiger partial charge in [0.2, 0.25) is 0 Å². The van der Waals surface area contributed by atoms with E-state index in [2.05, 4.69) is 23.3 Å². The Labute approximate surface area is 123 Å². The van der Waals surface area contributed by atoms with Crippen LogP contribution in [0, 0.1) is 0 Å². The molecule has 2 aromatic rings. The van der Waals surface area contributed by atoms with E-state index in [4.69, 9.17) is 9.47 Å². The first-order valence-corrected chi connectivity index (χ1v) is 7.49. The number of hydrogen-bond acceptors (Lipinski definition) is 5. The first kappa shape index (κ1) is 14.8. The molecule has 1 heterocycles. The van der Waals surface area contributed by atoms with Gasteiger partial charge in [0.25, 0.3) is 0 Å². The van der Waals surface area contributed by atoms with Gasteiger partial charge in [-0.05, 0) is 12.6 Å². The summed E-state index contributed by atoms with van der Waals surface area (Å²) in [5, 5.41) is 3.51. The van der Waals surface area contributed by atoms with Crippen LogP contribution in [-0.2, 0) is 6.42 Å². The summed E-state index contributed by atoms with van der Waals surface area (Å²) in [6, 6.07) is 6.16. The molecule has 5 heteroatoms. The van der Waals surface area contributed by atoms with Crippen LogP contribution in [0.5, 0.6) is 11.5 Å². The summed E-state index contributed by atoms with van der Waals surface area (Å²) >= 11 is 1.68. The maximum Gasteiger partial charge on any atom is 0.127 e. The molecule has 0 aliphatic heterocycles. The van der Waals surface area contributed by atoms with E-state index in [9.17, 15) is 0 Å². The molecule has 0 spiro atoms. The van der Waals surface area contributed by atoms with E-state index >= 15 is 0 Å². The molecule has 0 bridgehead atoms. The predicted molar refractivity (Wildman–Crippen MR) is 81.8 cm³/mol. The molecule has 1 unspecified atom stereocenters. The third kappa shape index (κ3) is 3.49. The number of nitrogens with one attached hydrogen (secondary N) is 1. The van der Waals surface area contributed by atoms with Crippen molar-refractivity contribution in [3.05, 3.63) is 40.3 Å². The topological polar surface area (TPSA) is 43.4 Å². The van der Waals surface area contributed by atoms with Gasteiger partial charge in [-0.2, -0.15) is 0 Å². The molecule has 0 aliphatic carbocycles. The third-order valence-corrected chi connectivity index (χ3v) is 3.96. The highest BCUT2D eigenvalue weighted by molar-refractivity contribution is 7.09. The Morgan fingerprint density at radius 2 is 2.15 bits per heavy atom. The summed E-state index contributed by atoms with van der Waals surface area (Å²) < 4.78 is 10.8. The molecule has 4 nitrogen and oxygen atoms in total. The van der Waals surface area contributed by atoms with Crippen molar-refractivity contribution < 1.29 is 9.47 Å². The van der Waals surface area contributed by atoms with Gasteiger partial charge in [-0.3, -0.25) is 4.98 Å². The number of methoxy groups -OCH3 is 2. The predicted octanol–water partition coefficient (Wildman–Crippen LogP) is 3.05. The zero-order valence-corrected chi connectivity index (χ0v) is 12.9. The summed E-state index contributed by atoms with van der Waals surface area (Å²) in [5.74, 6) is 1.65. The molecular weight excluding hydrogens is 272 g/mol. The zero-order valence-electron chi connectivity index (χ0n) is 12.1. The highest BCUT2D eigenvalue weighted by Crippen LogP contribution is 2.31. The maximum absolute atomic E-state index is 5.50. The van der Waals surface area contributed by atoms with Gasteiger partial charge in [0.1, 0.15) is 11.5 Å². The molecule has 1 atom stereocenters. The molecule has 0 saturated carbocycles. The molecule has 0 saturated heterocycles. The quantitative estimate of drug-likeness (QED) is 0.852. The number of aromatic nitrogens is 1. The molecular formula is C15H20N2O2S. The standard InChI is InChI=1S/C15H20N2O2S/c1-4-17-14(8-12-9-16-10-20-12)13-6-5-11(18-2)7-15(13)19-3/h5-7,9-10,14,17H,4,8H2,1-3H3. The second-order valence-corrected chi connectivity index (χ2v) is 5.36. The SMILES string of the molecule is CCNC(Cc1cncs1)c1ccc(OC)cc1OC. The van der Waals surface area contributed by atoms with Crippen LogP contribution >= 0.6 is 11.3 Å². The first-order chi connectivity index (χ1) is 9.78. The van der Waals surface area contributed by atoms with Gasteiger partial charge in [0.15, 0.2) is 0 Å². The Kier molecular flexibility index (Phi) is 5.38. The number of hydrogen-bond donors (Lipinski definition) is 1. The van der Waals surface area contributed by atoms with Crippen molar-refractivity contribution in [3.63, 3.8) is 0 Å². The van der Waals surface area contributed by atoms with Crippen LogP contribution in [0.15, 0.2) is 29.9 Å². The van der Waals surface area contributed by atoms with E-state index in [0.29, 0.717) is 0 Å². The molecule has 2 rings (SSSR count). The van der Waals surface area contributed by atoms with Crippen molar-refractivity contribution >= 4 is 11.3 Å². The summed E-state index contributed by atoms with van der Waals surface area (Å²) in [6.07, 6.45) is 2.83. The van der Waals surface area contributed by atoms with E-state index in [0.717, 1.165) is 30.0 Å². The highest BCUT2D eigenvalue weighted by atomic mass is 32.1. The van der Waals surface area contributed by atoms with E-state index in [1.54, 1.807) is 25.6 Å². The summed E-state index contributed by atoms with van der Waals surface area (Å²) in [6.45, 7) is 3.01. The van der Waals surface area contributed by atoms with Crippen molar-refractivity contribution in [2.24, 2.45) is 0 Å². The average Bonchev–Trinajstić information content (AvgIpc) is 2.99. The summed E-state index contributed by atoms with van der Waals surface area (Å²) in [7, 11) is 3.35. The van der Waals surface area contributed by atoms with Gasteiger partial charge in [-0.15, -0.1) is 11.3 Å². The fourth-order valence-electron chi connectivity index (χ4n) is 2.19. The maximum atomic E-state index is 5.50. The Bertz CT molecular complexity index is 529. The number of nitrogens with zero attached hydrogens (tertiary/aromatic N) is 1. The molecule has 1 N–H and O–H groups in total. The van der Waals surface area contributed by atoms with E-state index in [1.807, 2.05) is 23.8 Å². The Morgan fingerprint density at radius 1 is 1.30 bits per heavy atom. The molecule has 0 radical (unpaired) electrons. The van der Waals surface area contributed by atoms with Crippen LogP contribution < -0.4 is 14.8 Å². The number of benzene rings is 1. The van der Waals surface area contributed by atoms with Gasteiger partial charge in [0.05, 0.1) is 19.7 Å². The minimum atomic E-state index is 0.210. The number of rotatable bonds is 7. The summed E-state index contributed by atoms with van der Waals surface area (Å²) in [5.41, 5.74) is 3.01. The van der Waals surface area contributed by atoms with Crippen LogP contribution in [0.1, 0.15) is 23.4 Å². The molecule has 0 fully saturated rings. The molecule has 108 valence electrons. The third-order valence-electron chi connectivity index (χ3n) is 3.16. The van der Waals surface area contributed by atoms with Gasteiger partial charge in [-0.25, -0.2) is 0 Å². The normalized spacial score (nSPS) is 12.2. The highest BCUT2D eigenvalue weighted by Gasteiger charge is 2.17. The van der Waals surface area contributed by atoms with Crippen LogP contribution in [-0.4, -0.2) is 25.7 Å². The largest absolute Gasteiger partial charge is 0.497 e. The second kappa shape index (κ2) is 7.26. The van der Waals surface area contributed by atoms with Gasteiger partial charge in [0, 0.05) is 35.2 Å². The minimum absolute atomic E-state index is 0.210. The lowest BCUT2D eigenvalue weighted by molar-refractivity contribution is 0.384. The fourth-order valence-corrected chi connectivity index (χ4v) is 2.83. The van der Waals surface area contributed by atoms with Crippen LogP contribution in [0.2, 0.25) is 0 Å². The molecule has 1 aromatic carbocycles. The van der Waals surface area contributed by atoms with E-state index in [-0.39, 0.29) is 6.04 Å². The monoisotopic (exact) mass is 292 g/mol.